The zero-order valence-electron chi connectivity index (χ0n) is 11.4. The zero-order chi connectivity index (χ0) is 13.6. The number of benzene rings is 1. The fourth-order valence-electron chi connectivity index (χ4n) is 1.85. The second-order valence-corrected chi connectivity index (χ2v) is 4.98. The molecular formula is C14H21NO2S. The molecule has 0 amide bonds. The molecule has 1 atom stereocenters. The third-order valence-electron chi connectivity index (χ3n) is 2.88. The van der Waals surface area contributed by atoms with E-state index in [1.165, 1.54) is 4.90 Å². The van der Waals surface area contributed by atoms with E-state index in [-0.39, 0.29) is 5.97 Å². The molecule has 18 heavy (non-hydrogen) atoms. The Bertz CT molecular complexity index is 391. The van der Waals surface area contributed by atoms with Crippen LogP contribution in [0.3, 0.4) is 0 Å². The van der Waals surface area contributed by atoms with E-state index in [4.69, 9.17) is 4.74 Å². The lowest BCUT2D eigenvalue weighted by Gasteiger charge is -2.28. The minimum absolute atomic E-state index is 0.233. The van der Waals surface area contributed by atoms with Gasteiger partial charge >= 0.3 is 5.97 Å². The summed E-state index contributed by atoms with van der Waals surface area (Å²) >= 11 is 1.68. The molecule has 1 N–H and O–H groups in total. The van der Waals surface area contributed by atoms with Gasteiger partial charge in [0.2, 0.25) is 0 Å². The molecule has 0 aliphatic rings. The first-order valence-corrected chi connectivity index (χ1v) is 7.37. The van der Waals surface area contributed by atoms with Gasteiger partial charge in [-0.1, -0.05) is 19.1 Å². The number of rotatable bonds is 6. The summed E-state index contributed by atoms with van der Waals surface area (Å²) in [5, 5.41) is 3.22. The zero-order valence-corrected chi connectivity index (χ0v) is 12.3. The highest BCUT2D eigenvalue weighted by Gasteiger charge is 2.35. The molecule has 0 aliphatic carbocycles. The van der Waals surface area contributed by atoms with Gasteiger partial charge in [0.05, 0.1) is 6.61 Å². The van der Waals surface area contributed by atoms with Gasteiger partial charge in [0.25, 0.3) is 0 Å². The van der Waals surface area contributed by atoms with Crippen LogP contribution in [0.2, 0.25) is 0 Å². The molecule has 0 saturated carbocycles. The predicted octanol–water partition coefficient (Wildman–Crippen LogP) is 2.80. The van der Waals surface area contributed by atoms with Crippen molar-refractivity contribution in [3.05, 3.63) is 29.8 Å². The Balaban J connectivity index is 3.05. The number of hydrogen-bond donors (Lipinski definition) is 1. The number of esters is 1. The monoisotopic (exact) mass is 267 g/mol. The molecule has 1 unspecified atom stereocenters. The summed E-state index contributed by atoms with van der Waals surface area (Å²) in [4.78, 5) is 13.3. The molecule has 3 nitrogen and oxygen atoms in total. The second kappa shape index (κ2) is 6.81. The van der Waals surface area contributed by atoms with E-state index in [1.54, 1.807) is 11.8 Å². The number of hydrogen-bond acceptors (Lipinski definition) is 4. The predicted molar refractivity (Wildman–Crippen MR) is 75.9 cm³/mol. The van der Waals surface area contributed by atoms with E-state index >= 15 is 0 Å². The third-order valence-corrected chi connectivity index (χ3v) is 3.62. The molecule has 0 saturated heterocycles. The maximum atomic E-state index is 12.1. The summed E-state index contributed by atoms with van der Waals surface area (Å²) < 4.78 is 5.16. The second-order valence-electron chi connectivity index (χ2n) is 4.10. The van der Waals surface area contributed by atoms with Crippen LogP contribution in [0.15, 0.2) is 29.2 Å². The van der Waals surface area contributed by atoms with Gasteiger partial charge in [-0.25, -0.2) is 4.79 Å². The molecule has 4 heteroatoms. The number of carbonyl (C=O) groups is 1. The molecule has 1 aromatic rings. The van der Waals surface area contributed by atoms with Crippen molar-refractivity contribution in [3.8, 4) is 0 Å². The number of thioether (sulfide) groups is 1. The van der Waals surface area contributed by atoms with Gasteiger partial charge in [0.1, 0.15) is 5.54 Å². The highest BCUT2D eigenvalue weighted by Crippen LogP contribution is 2.25. The van der Waals surface area contributed by atoms with Crippen molar-refractivity contribution in [2.75, 3.05) is 19.4 Å². The minimum atomic E-state index is -0.776. The Morgan fingerprint density at radius 2 is 1.94 bits per heavy atom. The van der Waals surface area contributed by atoms with E-state index in [9.17, 15) is 4.79 Å². The topological polar surface area (TPSA) is 38.3 Å². The molecular weight excluding hydrogens is 246 g/mol. The van der Waals surface area contributed by atoms with Crippen LogP contribution >= 0.6 is 11.8 Å². The maximum absolute atomic E-state index is 12.1. The van der Waals surface area contributed by atoms with Gasteiger partial charge in [-0.05, 0) is 44.3 Å². The number of ether oxygens (including phenoxy) is 1. The van der Waals surface area contributed by atoms with Gasteiger partial charge in [-0.15, -0.1) is 11.8 Å². The summed E-state index contributed by atoms with van der Waals surface area (Å²) in [6.45, 7) is 6.76. The molecule has 100 valence electrons. The van der Waals surface area contributed by atoms with E-state index in [0.29, 0.717) is 13.2 Å². The van der Waals surface area contributed by atoms with Crippen LogP contribution in [0.1, 0.15) is 26.3 Å². The van der Waals surface area contributed by atoms with Gasteiger partial charge in [-0.3, -0.25) is 5.32 Å². The van der Waals surface area contributed by atoms with Gasteiger partial charge < -0.3 is 4.74 Å². The van der Waals surface area contributed by atoms with Crippen LogP contribution in [0.5, 0.6) is 0 Å². The largest absolute Gasteiger partial charge is 0.464 e. The van der Waals surface area contributed by atoms with Crippen molar-refractivity contribution in [2.24, 2.45) is 0 Å². The molecule has 1 rings (SSSR count). The van der Waals surface area contributed by atoms with Crippen LogP contribution in [0, 0.1) is 0 Å². The molecule has 0 fully saturated rings. The average Bonchev–Trinajstić information content (AvgIpc) is 2.39. The Kier molecular flexibility index (Phi) is 5.69. The Morgan fingerprint density at radius 3 is 2.39 bits per heavy atom. The van der Waals surface area contributed by atoms with Crippen LogP contribution in [-0.4, -0.2) is 25.4 Å². The summed E-state index contributed by atoms with van der Waals surface area (Å²) in [5.74, 6) is -0.233. The van der Waals surface area contributed by atoms with Crippen molar-refractivity contribution in [1.29, 1.82) is 0 Å². The van der Waals surface area contributed by atoms with Crippen LogP contribution in [0.25, 0.3) is 0 Å². The van der Waals surface area contributed by atoms with Crippen LogP contribution in [-0.2, 0) is 15.1 Å². The van der Waals surface area contributed by atoms with E-state index in [0.717, 1.165) is 5.56 Å². The SMILES string of the molecule is CCNC(C)(C(=O)OCC)c1ccc(SC)cc1. The van der Waals surface area contributed by atoms with E-state index in [1.807, 2.05) is 51.3 Å². The normalized spacial score (nSPS) is 14.0. The lowest BCUT2D eigenvalue weighted by atomic mass is 9.92. The molecule has 0 heterocycles. The van der Waals surface area contributed by atoms with Crippen LogP contribution in [0.4, 0.5) is 0 Å². The number of likely N-dealkylation sites (N-methyl/N-ethyl adjacent to an activating group) is 1. The van der Waals surface area contributed by atoms with E-state index in [2.05, 4.69) is 5.32 Å². The molecule has 0 radical (unpaired) electrons. The Morgan fingerprint density at radius 1 is 1.33 bits per heavy atom. The lowest BCUT2D eigenvalue weighted by molar-refractivity contribution is -0.151. The van der Waals surface area contributed by atoms with Crippen LogP contribution < -0.4 is 5.32 Å². The number of carbonyl (C=O) groups excluding carboxylic acids is 1. The first-order chi connectivity index (χ1) is 8.58. The van der Waals surface area contributed by atoms with Gasteiger partial charge in [-0.2, -0.15) is 0 Å². The first-order valence-electron chi connectivity index (χ1n) is 6.15. The fraction of sp³-hybridized carbons (Fsp3) is 0.500. The quantitative estimate of drug-likeness (QED) is 0.635. The maximum Gasteiger partial charge on any atom is 0.330 e. The summed E-state index contributed by atoms with van der Waals surface area (Å²) in [6, 6.07) is 8.00. The molecule has 0 aliphatic heterocycles. The molecule has 0 spiro atoms. The summed E-state index contributed by atoms with van der Waals surface area (Å²) in [5.41, 5.74) is 0.155. The highest BCUT2D eigenvalue weighted by atomic mass is 32.2. The van der Waals surface area contributed by atoms with Crippen molar-refractivity contribution in [3.63, 3.8) is 0 Å². The summed E-state index contributed by atoms with van der Waals surface area (Å²) in [6.07, 6.45) is 2.03. The average molecular weight is 267 g/mol. The fourth-order valence-corrected chi connectivity index (χ4v) is 2.25. The lowest BCUT2D eigenvalue weighted by Crippen LogP contribution is -2.47. The molecule has 0 bridgehead atoms. The van der Waals surface area contributed by atoms with Gasteiger partial charge in [0.15, 0.2) is 0 Å². The first kappa shape index (κ1) is 15.1. The highest BCUT2D eigenvalue weighted by molar-refractivity contribution is 7.98. The van der Waals surface area contributed by atoms with Crippen molar-refractivity contribution in [2.45, 2.75) is 31.2 Å². The van der Waals surface area contributed by atoms with Gasteiger partial charge in [0, 0.05) is 4.90 Å². The standard InChI is InChI=1S/C14H21NO2S/c1-5-15-14(3,13(16)17-6-2)11-7-9-12(18-4)10-8-11/h7-10,15H,5-6H2,1-4H3. The molecule has 0 aromatic heterocycles. The Hall–Kier alpha value is -1.00. The third kappa shape index (κ3) is 3.27. The Labute approximate surface area is 113 Å². The summed E-state index contributed by atoms with van der Waals surface area (Å²) in [7, 11) is 0. The van der Waals surface area contributed by atoms with E-state index < -0.39 is 5.54 Å². The number of nitrogens with one attached hydrogen (secondary N) is 1. The van der Waals surface area contributed by atoms with Crippen molar-refractivity contribution >= 4 is 17.7 Å². The minimum Gasteiger partial charge on any atom is -0.464 e. The van der Waals surface area contributed by atoms with Crippen molar-refractivity contribution in [1.82, 2.24) is 5.32 Å². The smallest absolute Gasteiger partial charge is 0.330 e. The van der Waals surface area contributed by atoms with Crippen molar-refractivity contribution < 1.29 is 9.53 Å². The molecule has 1 aromatic carbocycles.